The van der Waals surface area contributed by atoms with Gasteiger partial charge in [-0.15, -0.1) is 0 Å². The van der Waals surface area contributed by atoms with E-state index in [1.807, 2.05) is 20.8 Å². The molecule has 0 aliphatic heterocycles. The van der Waals surface area contributed by atoms with Crippen molar-refractivity contribution in [2.45, 2.75) is 90.6 Å². The molecular formula is C16H32O2S. The summed E-state index contributed by atoms with van der Waals surface area (Å²) in [5, 5.41) is 0. The minimum atomic E-state index is -0.343. The third kappa shape index (κ3) is 15.8. The van der Waals surface area contributed by atoms with Crippen molar-refractivity contribution in [3.8, 4) is 0 Å². The second kappa shape index (κ2) is 11.6. The standard InChI is InChI=1S/C16H32O2S/c1-16(2,3)18-15(17)13-11-9-7-5-4-6-8-10-12-14-19/h19H,4-14H2,1-3H3. The number of carbonyl (C=O) groups is 1. The molecule has 0 aromatic carbocycles. The maximum atomic E-state index is 11.5. The summed E-state index contributed by atoms with van der Waals surface area (Å²) in [6.45, 7) is 5.75. The Morgan fingerprint density at radius 2 is 1.26 bits per heavy atom. The Bertz CT molecular complexity index is 221. The van der Waals surface area contributed by atoms with Crippen molar-refractivity contribution in [2.75, 3.05) is 5.75 Å². The average Bonchev–Trinajstić information content (AvgIpc) is 2.29. The van der Waals surface area contributed by atoms with E-state index in [2.05, 4.69) is 12.6 Å². The smallest absolute Gasteiger partial charge is 0.306 e. The highest BCUT2D eigenvalue weighted by Gasteiger charge is 2.15. The molecule has 0 saturated heterocycles. The highest BCUT2D eigenvalue weighted by molar-refractivity contribution is 7.80. The molecule has 0 radical (unpaired) electrons. The zero-order chi connectivity index (χ0) is 14.6. The van der Waals surface area contributed by atoms with E-state index < -0.39 is 0 Å². The average molecular weight is 288 g/mol. The molecule has 0 rings (SSSR count). The number of hydrogen-bond donors (Lipinski definition) is 1. The third-order valence-corrected chi connectivity index (χ3v) is 3.28. The molecule has 19 heavy (non-hydrogen) atoms. The van der Waals surface area contributed by atoms with Crippen LogP contribution in [0, 0.1) is 0 Å². The van der Waals surface area contributed by atoms with Crippen molar-refractivity contribution in [3.63, 3.8) is 0 Å². The molecule has 0 heterocycles. The maximum Gasteiger partial charge on any atom is 0.306 e. The van der Waals surface area contributed by atoms with Crippen LogP contribution in [0.2, 0.25) is 0 Å². The lowest BCUT2D eigenvalue weighted by atomic mass is 10.1. The van der Waals surface area contributed by atoms with Gasteiger partial charge >= 0.3 is 5.97 Å². The van der Waals surface area contributed by atoms with Crippen LogP contribution in [0.4, 0.5) is 0 Å². The van der Waals surface area contributed by atoms with Crippen molar-refractivity contribution in [1.29, 1.82) is 0 Å². The predicted molar refractivity (Wildman–Crippen MR) is 85.9 cm³/mol. The Morgan fingerprint density at radius 3 is 1.68 bits per heavy atom. The van der Waals surface area contributed by atoms with Gasteiger partial charge in [0, 0.05) is 6.42 Å². The molecule has 0 aliphatic rings. The first-order chi connectivity index (χ1) is 8.95. The van der Waals surface area contributed by atoms with Crippen LogP contribution in [-0.2, 0) is 9.53 Å². The Morgan fingerprint density at radius 1 is 0.842 bits per heavy atom. The van der Waals surface area contributed by atoms with Crippen molar-refractivity contribution < 1.29 is 9.53 Å². The predicted octanol–water partition coefficient (Wildman–Crippen LogP) is 5.16. The van der Waals surface area contributed by atoms with Gasteiger partial charge in [0.15, 0.2) is 0 Å². The SMILES string of the molecule is CC(C)(C)OC(=O)CCCCCCCCCCCS. The molecule has 3 heteroatoms. The lowest BCUT2D eigenvalue weighted by Crippen LogP contribution is -2.23. The largest absolute Gasteiger partial charge is 0.460 e. The van der Waals surface area contributed by atoms with Crippen LogP contribution in [0.3, 0.4) is 0 Å². The van der Waals surface area contributed by atoms with Crippen molar-refractivity contribution in [3.05, 3.63) is 0 Å². The van der Waals surface area contributed by atoms with Gasteiger partial charge in [-0.3, -0.25) is 4.79 Å². The van der Waals surface area contributed by atoms with Crippen LogP contribution in [0.25, 0.3) is 0 Å². The molecule has 114 valence electrons. The zero-order valence-electron chi connectivity index (χ0n) is 13.0. The highest BCUT2D eigenvalue weighted by atomic mass is 32.1. The van der Waals surface area contributed by atoms with E-state index in [-0.39, 0.29) is 11.6 Å². The first-order valence-electron chi connectivity index (χ1n) is 7.78. The Kier molecular flexibility index (Phi) is 11.5. The van der Waals surface area contributed by atoms with Crippen LogP contribution in [-0.4, -0.2) is 17.3 Å². The van der Waals surface area contributed by atoms with Crippen LogP contribution >= 0.6 is 12.6 Å². The van der Waals surface area contributed by atoms with Crippen LogP contribution < -0.4 is 0 Å². The van der Waals surface area contributed by atoms with Crippen molar-refractivity contribution in [2.24, 2.45) is 0 Å². The summed E-state index contributed by atoms with van der Waals surface area (Å²) in [6, 6.07) is 0. The summed E-state index contributed by atoms with van der Waals surface area (Å²) in [6.07, 6.45) is 11.8. The Balaban J connectivity index is 3.21. The summed E-state index contributed by atoms with van der Waals surface area (Å²) in [5.74, 6) is 0.962. The molecule has 0 bridgehead atoms. The van der Waals surface area contributed by atoms with Gasteiger partial charge in [-0.1, -0.05) is 44.9 Å². The lowest BCUT2D eigenvalue weighted by Gasteiger charge is -2.19. The maximum absolute atomic E-state index is 11.5. The molecule has 0 saturated carbocycles. The van der Waals surface area contributed by atoms with E-state index >= 15 is 0 Å². The number of esters is 1. The van der Waals surface area contributed by atoms with Gasteiger partial charge in [0.1, 0.15) is 5.60 Å². The van der Waals surface area contributed by atoms with E-state index in [0.717, 1.165) is 18.6 Å². The summed E-state index contributed by atoms with van der Waals surface area (Å²) in [7, 11) is 0. The van der Waals surface area contributed by atoms with E-state index in [1.165, 1.54) is 44.9 Å². The van der Waals surface area contributed by atoms with Gasteiger partial charge in [0.2, 0.25) is 0 Å². The number of unbranched alkanes of at least 4 members (excludes halogenated alkanes) is 8. The van der Waals surface area contributed by atoms with Gasteiger partial charge in [-0.05, 0) is 39.4 Å². The van der Waals surface area contributed by atoms with Crippen molar-refractivity contribution >= 4 is 18.6 Å². The molecular weight excluding hydrogens is 256 g/mol. The second-order valence-corrected chi connectivity index (χ2v) is 6.69. The summed E-state index contributed by atoms with van der Waals surface area (Å²) in [4.78, 5) is 11.5. The first kappa shape index (κ1) is 18.8. The van der Waals surface area contributed by atoms with Crippen LogP contribution in [0.5, 0.6) is 0 Å². The molecule has 2 nitrogen and oxygen atoms in total. The number of ether oxygens (including phenoxy) is 1. The first-order valence-corrected chi connectivity index (χ1v) is 8.41. The normalized spacial score (nSPS) is 11.6. The van der Waals surface area contributed by atoms with Crippen LogP contribution in [0.1, 0.15) is 85.0 Å². The van der Waals surface area contributed by atoms with Crippen molar-refractivity contribution in [1.82, 2.24) is 0 Å². The highest BCUT2D eigenvalue weighted by Crippen LogP contribution is 2.13. The van der Waals surface area contributed by atoms with Gasteiger partial charge in [-0.25, -0.2) is 0 Å². The number of hydrogen-bond acceptors (Lipinski definition) is 3. The van der Waals surface area contributed by atoms with Gasteiger partial charge in [-0.2, -0.15) is 12.6 Å². The molecule has 0 spiro atoms. The summed E-state index contributed by atoms with van der Waals surface area (Å²) in [5.41, 5.74) is -0.343. The fourth-order valence-electron chi connectivity index (χ4n) is 2.01. The molecule has 0 atom stereocenters. The van der Waals surface area contributed by atoms with Gasteiger partial charge < -0.3 is 4.74 Å². The number of thiol groups is 1. The quantitative estimate of drug-likeness (QED) is 0.323. The minimum Gasteiger partial charge on any atom is -0.460 e. The summed E-state index contributed by atoms with van der Waals surface area (Å²) >= 11 is 4.21. The fraction of sp³-hybridized carbons (Fsp3) is 0.938. The summed E-state index contributed by atoms with van der Waals surface area (Å²) < 4.78 is 5.28. The Labute approximate surface area is 125 Å². The van der Waals surface area contributed by atoms with E-state index in [1.54, 1.807) is 0 Å². The van der Waals surface area contributed by atoms with E-state index in [4.69, 9.17) is 4.74 Å². The molecule has 0 aromatic rings. The molecule has 0 aromatic heterocycles. The second-order valence-electron chi connectivity index (χ2n) is 6.24. The minimum absolute atomic E-state index is 0.0562. The van der Waals surface area contributed by atoms with E-state index in [9.17, 15) is 4.79 Å². The Hall–Kier alpha value is -0.180. The molecule has 0 N–H and O–H groups in total. The lowest BCUT2D eigenvalue weighted by molar-refractivity contribution is -0.154. The van der Waals surface area contributed by atoms with Gasteiger partial charge in [0.25, 0.3) is 0 Å². The van der Waals surface area contributed by atoms with Gasteiger partial charge in [0.05, 0.1) is 0 Å². The monoisotopic (exact) mass is 288 g/mol. The molecule has 0 fully saturated rings. The van der Waals surface area contributed by atoms with E-state index in [0.29, 0.717) is 6.42 Å². The zero-order valence-corrected chi connectivity index (χ0v) is 13.9. The third-order valence-electron chi connectivity index (χ3n) is 2.96. The van der Waals surface area contributed by atoms with Crippen LogP contribution in [0.15, 0.2) is 0 Å². The molecule has 0 amide bonds. The molecule has 0 aliphatic carbocycles. The number of rotatable bonds is 11. The molecule has 0 unspecified atom stereocenters. The topological polar surface area (TPSA) is 26.3 Å². The fourth-order valence-corrected chi connectivity index (χ4v) is 2.23. The number of carbonyl (C=O) groups excluding carboxylic acids is 1.